The van der Waals surface area contributed by atoms with Crippen LogP contribution in [0.4, 0.5) is 0 Å². The molecule has 5 nitrogen and oxygen atoms in total. The number of hydrogen-bond acceptors (Lipinski definition) is 4. The van der Waals surface area contributed by atoms with Gasteiger partial charge in [-0.15, -0.1) is 0 Å². The van der Waals surface area contributed by atoms with E-state index in [4.69, 9.17) is 0 Å². The third-order valence-electron chi connectivity index (χ3n) is 6.38. The van der Waals surface area contributed by atoms with E-state index in [0.29, 0.717) is 18.5 Å². The number of carbonyl (C=O) groups excluding carboxylic acids is 1. The van der Waals surface area contributed by atoms with Crippen molar-refractivity contribution in [3.63, 3.8) is 0 Å². The fourth-order valence-corrected chi connectivity index (χ4v) is 4.48. The zero-order valence-electron chi connectivity index (χ0n) is 14.9. The van der Waals surface area contributed by atoms with Crippen LogP contribution in [0.2, 0.25) is 0 Å². The largest absolute Gasteiger partial charge is 0.352 e. The maximum atomic E-state index is 12.4. The molecule has 0 spiro atoms. The molecular weight excluding hydrogens is 288 g/mol. The second-order valence-corrected chi connectivity index (χ2v) is 7.90. The Hall–Kier alpha value is -0.650. The van der Waals surface area contributed by atoms with E-state index in [2.05, 4.69) is 34.3 Å². The number of carbonyl (C=O) groups is 1. The maximum Gasteiger partial charge on any atom is 0.234 e. The molecule has 132 valence electrons. The molecule has 1 amide bonds. The third kappa shape index (κ3) is 4.46. The number of amides is 1. The number of rotatable bonds is 4. The molecule has 3 aliphatic rings. The molecule has 0 aromatic rings. The highest BCUT2D eigenvalue weighted by atomic mass is 16.2. The Morgan fingerprint density at radius 3 is 2.61 bits per heavy atom. The maximum absolute atomic E-state index is 12.4. The summed E-state index contributed by atoms with van der Waals surface area (Å²) in [5.74, 6) is 1.57. The summed E-state index contributed by atoms with van der Waals surface area (Å²) in [5.41, 5.74) is 0. The molecule has 2 aliphatic heterocycles. The minimum absolute atomic E-state index is 0.229. The molecule has 1 saturated carbocycles. The van der Waals surface area contributed by atoms with Crippen LogP contribution in [0.5, 0.6) is 0 Å². The van der Waals surface area contributed by atoms with Crippen molar-refractivity contribution in [3.05, 3.63) is 0 Å². The van der Waals surface area contributed by atoms with Crippen molar-refractivity contribution in [1.82, 2.24) is 20.4 Å². The Labute approximate surface area is 141 Å². The number of hydrogen-bond donors (Lipinski definition) is 2. The summed E-state index contributed by atoms with van der Waals surface area (Å²) in [6.07, 6.45) is 4.99. The predicted molar refractivity (Wildman–Crippen MR) is 93.4 cm³/mol. The van der Waals surface area contributed by atoms with E-state index in [1.165, 1.54) is 19.3 Å². The molecule has 1 aliphatic carbocycles. The molecule has 2 heterocycles. The van der Waals surface area contributed by atoms with Gasteiger partial charge in [0.1, 0.15) is 0 Å². The van der Waals surface area contributed by atoms with Crippen molar-refractivity contribution in [1.29, 1.82) is 0 Å². The lowest BCUT2D eigenvalue weighted by Crippen LogP contribution is -2.54. The quantitative estimate of drug-likeness (QED) is 0.808. The average Bonchev–Trinajstić information content (AvgIpc) is 3.07. The average molecular weight is 322 g/mol. The smallest absolute Gasteiger partial charge is 0.234 e. The number of piperazine rings is 1. The van der Waals surface area contributed by atoms with Gasteiger partial charge in [-0.25, -0.2) is 0 Å². The van der Waals surface area contributed by atoms with Crippen LogP contribution in [0.25, 0.3) is 0 Å². The molecular formula is C18H34N4O. The molecule has 4 atom stereocenters. The molecule has 5 heteroatoms. The summed E-state index contributed by atoms with van der Waals surface area (Å²) in [7, 11) is 0. The zero-order chi connectivity index (χ0) is 16.2. The first-order chi connectivity index (χ1) is 11.1. The molecule has 0 aromatic heterocycles. The van der Waals surface area contributed by atoms with Gasteiger partial charge in [0, 0.05) is 44.8 Å². The highest BCUT2D eigenvalue weighted by Gasteiger charge is 2.30. The van der Waals surface area contributed by atoms with Gasteiger partial charge in [0.2, 0.25) is 5.91 Å². The molecule has 4 unspecified atom stereocenters. The third-order valence-corrected chi connectivity index (χ3v) is 6.38. The lowest BCUT2D eigenvalue weighted by Gasteiger charge is -2.38. The summed E-state index contributed by atoms with van der Waals surface area (Å²) in [6.45, 7) is 11.8. The molecule has 0 radical (unpaired) electrons. The Morgan fingerprint density at radius 1 is 1.13 bits per heavy atom. The van der Waals surface area contributed by atoms with Gasteiger partial charge in [-0.3, -0.25) is 14.6 Å². The van der Waals surface area contributed by atoms with Gasteiger partial charge >= 0.3 is 0 Å². The van der Waals surface area contributed by atoms with Crippen LogP contribution in [0.3, 0.4) is 0 Å². The molecule has 2 saturated heterocycles. The fourth-order valence-electron chi connectivity index (χ4n) is 4.48. The molecule has 23 heavy (non-hydrogen) atoms. The fraction of sp³-hybridized carbons (Fsp3) is 0.944. The van der Waals surface area contributed by atoms with Crippen LogP contribution in [-0.2, 0) is 4.79 Å². The molecule has 3 fully saturated rings. The van der Waals surface area contributed by atoms with Crippen LogP contribution in [0.1, 0.15) is 39.5 Å². The molecule has 0 aromatic carbocycles. The normalized spacial score (nSPS) is 37.0. The van der Waals surface area contributed by atoms with E-state index in [1.54, 1.807) is 0 Å². The van der Waals surface area contributed by atoms with Crippen molar-refractivity contribution in [2.45, 2.75) is 51.6 Å². The first kappa shape index (κ1) is 17.2. The van der Waals surface area contributed by atoms with Gasteiger partial charge in [-0.1, -0.05) is 26.7 Å². The molecule has 3 rings (SSSR count). The predicted octanol–water partition coefficient (Wildman–Crippen LogP) is 0.907. The van der Waals surface area contributed by atoms with E-state index in [9.17, 15) is 4.79 Å². The number of nitrogens with zero attached hydrogens (tertiary/aromatic N) is 2. The van der Waals surface area contributed by atoms with Crippen LogP contribution in [0, 0.1) is 11.8 Å². The zero-order valence-corrected chi connectivity index (χ0v) is 14.9. The van der Waals surface area contributed by atoms with Gasteiger partial charge < -0.3 is 10.6 Å². The van der Waals surface area contributed by atoms with E-state index in [0.717, 1.165) is 57.6 Å². The number of nitrogens with one attached hydrogen (secondary N) is 2. The summed E-state index contributed by atoms with van der Waals surface area (Å²) in [5, 5.41) is 6.76. The lowest BCUT2D eigenvalue weighted by molar-refractivity contribution is -0.124. The Kier molecular flexibility index (Phi) is 5.94. The van der Waals surface area contributed by atoms with Gasteiger partial charge in [0.25, 0.3) is 0 Å². The Morgan fingerprint density at radius 2 is 1.91 bits per heavy atom. The van der Waals surface area contributed by atoms with Crippen LogP contribution < -0.4 is 10.6 Å². The highest BCUT2D eigenvalue weighted by molar-refractivity contribution is 5.78. The van der Waals surface area contributed by atoms with Crippen LogP contribution in [-0.4, -0.2) is 73.6 Å². The minimum Gasteiger partial charge on any atom is -0.352 e. The van der Waals surface area contributed by atoms with Crippen molar-refractivity contribution < 1.29 is 4.79 Å². The van der Waals surface area contributed by atoms with Crippen molar-refractivity contribution in [3.8, 4) is 0 Å². The van der Waals surface area contributed by atoms with Crippen molar-refractivity contribution >= 4 is 5.91 Å². The summed E-state index contributed by atoms with van der Waals surface area (Å²) < 4.78 is 0. The first-order valence-electron chi connectivity index (χ1n) is 9.60. The van der Waals surface area contributed by atoms with E-state index >= 15 is 0 Å². The van der Waals surface area contributed by atoms with Crippen molar-refractivity contribution in [2.75, 3.05) is 45.8 Å². The van der Waals surface area contributed by atoms with Crippen LogP contribution >= 0.6 is 0 Å². The standard InChI is InChI=1S/C18H34N4O/c1-14-4-3-5-17(15(14)2)20-18(23)13-21-8-10-22(11-9-21)16-6-7-19-12-16/h14-17,19H,3-13H2,1-2H3,(H,20,23). The van der Waals surface area contributed by atoms with Gasteiger partial charge in [-0.05, 0) is 31.2 Å². The Balaban J connectivity index is 1.39. The summed E-state index contributed by atoms with van der Waals surface area (Å²) in [4.78, 5) is 17.3. The summed E-state index contributed by atoms with van der Waals surface area (Å²) in [6, 6.07) is 1.10. The Bertz CT molecular complexity index is 388. The monoisotopic (exact) mass is 322 g/mol. The van der Waals surface area contributed by atoms with E-state index in [-0.39, 0.29) is 5.91 Å². The van der Waals surface area contributed by atoms with Crippen molar-refractivity contribution in [2.24, 2.45) is 11.8 Å². The summed E-state index contributed by atoms with van der Waals surface area (Å²) >= 11 is 0. The highest BCUT2D eigenvalue weighted by Crippen LogP contribution is 2.29. The molecule has 0 bridgehead atoms. The lowest BCUT2D eigenvalue weighted by atomic mass is 9.78. The van der Waals surface area contributed by atoms with Gasteiger partial charge in [0.15, 0.2) is 0 Å². The second-order valence-electron chi connectivity index (χ2n) is 7.90. The second kappa shape index (κ2) is 7.95. The molecule has 2 N–H and O–H groups in total. The SMILES string of the molecule is CC1CCCC(NC(=O)CN2CCN(C3CCNC3)CC2)C1C. The topological polar surface area (TPSA) is 47.6 Å². The van der Waals surface area contributed by atoms with Gasteiger partial charge in [0.05, 0.1) is 6.54 Å². The van der Waals surface area contributed by atoms with E-state index in [1.807, 2.05) is 0 Å². The van der Waals surface area contributed by atoms with Crippen LogP contribution in [0.15, 0.2) is 0 Å². The first-order valence-corrected chi connectivity index (χ1v) is 9.60. The minimum atomic E-state index is 0.229. The van der Waals surface area contributed by atoms with E-state index < -0.39 is 0 Å². The van der Waals surface area contributed by atoms with Gasteiger partial charge in [-0.2, -0.15) is 0 Å².